The predicted octanol–water partition coefficient (Wildman–Crippen LogP) is 2.96. The maximum Gasteiger partial charge on any atom is 0.292 e. The van der Waals surface area contributed by atoms with Gasteiger partial charge in [-0.25, -0.2) is 9.36 Å². The highest BCUT2D eigenvalue weighted by molar-refractivity contribution is 6.01. The number of hydrogen-bond donors (Lipinski definition) is 1. The Labute approximate surface area is 143 Å². The Hall–Kier alpha value is -3.61. The van der Waals surface area contributed by atoms with Crippen molar-refractivity contribution in [3.05, 3.63) is 84.7 Å². The zero-order valence-electron chi connectivity index (χ0n) is 13.2. The Balaban J connectivity index is 1.50. The molecule has 0 aliphatic rings. The molecule has 0 unspecified atom stereocenters. The summed E-state index contributed by atoms with van der Waals surface area (Å²) in [5, 5.41) is 11.4. The number of carbonyl (C=O) groups excluding carboxylic acids is 1. The lowest BCUT2D eigenvalue weighted by molar-refractivity contribution is 0.0995. The maximum absolute atomic E-state index is 12.1. The van der Waals surface area contributed by atoms with E-state index in [0.29, 0.717) is 12.4 Å². The van der Waals surface area contributed by atoms with Gasteiger partial charge >= 0.3 is 0 Å². The Morgan fingerprint density at radius 2 is 1.96 bits per heavy atom. The van der Waals surface area contributed by atoms with Crippen LogP contribution in [0.15, 0.2) is 77.8 Å². The van der Waals surface area contributed by atoms with Crippen LogP contribution in [-0.4, -0.2) is 25.5 Å². The molecule has 4 aromatic rings. The number of rotatable bonds is 5. The summed E-state index contributed by atoms with van der Waals surface area (Å²) in [5.41, 5.74) is 1.96. The van der Waals surface area contributed by atoms with Crippen molar-refractivity contribution < 1.29 is 9.21 Å². The van der Waals surface area contributed by atoms with E-state index in [-0.39, 0.29) is 11.7 Å². The molecule has 7 nitrogen and oxygen atoms in total. The summed E-state index contributed by atoms with van der Waals surface area (Å²) in [6.07, 6.45) is 6.82. The van der Waals surface area contributed by atoms with E-state index < -0.39 is 0 Å². The SMILES string of the molecule is O=C(Nc1ccnn1Cc1cnn(-c2ccccc2)c1)c1ccco1. The summed E-state index contributed by atoms with van der Waals surface area (Å²) < 4.78 is 8.61. The Morgan fingerprint density at radius 3 is 2.76 bits per heavy atom. The summed E-state index contributed by atoms with van der Waals surface area (Å²) in [4.78, 5) is 12.1. The van der Waals surface area contributed by atoms with E-state index in [1.54, 1.807) is 40.0 Å². The van der Waals surface area contributed by atoms with Crippen molar-refractivity contribution in [2.75, 3.05) is 5.32 Å². The molecule has 3 aromatic heterocycles. The van der Waals surface area contributed by atoms with Gasteiger partial charge in [-0.05, 0) is 24.3 Å². The first-order valence-electron chi connectivity index (χ1n) is 7.75. The molecule has 0 aliphatic heterocycles. The highest BCUT2D eigenvalue weighted by atomic mass is 16.3. The minimum absolute atomic E-state index is 0.254. The molecule has 3 heterocycles. The van der Waals surface area contributed by atoms with Crippen molar-refractivity contribution in [1.29, 1.82) is 0 Å². The average molecular weight is 333 g/mol. The molecule has 0 saturated carbocycles. The second-order valence-corrected chi connectivity index (χ2v) is 5.43. The number of amides is 1. The number of para-hydroxylation sites is 1. The van der Waals surface area contributed by atoms with Crippen molar-refractivity contribution in [3.63, 3.8) is 0 Å². The second kappa shape index (κ2) is 6.48. The van der Waals surface area contributed by atoms with Gasteiger partial charge in [0.1, 0.15) is 5.82 Å². The molecule has 0 fully saturated rings. The van der Waals surface area contributed by atoms with Crippen molar-refractivity contribution in [1.82, 2.24) is 19.6 Å². The lowest BCUT2D eigenvalue weighted by atomic mass is 10.3. The molecule has 0 bridgehead atoms. The largest absolute Gasteiger partial charge is 0.459 e. The third kappa shape index (κ3) is 3.20. The molecule has 1 aromatic carbocycles. The van der Waals surface area contributed by atoms with Crippen LogP contribution in [-0.2, 0) is 6.54 Å². The van der Waals surface area contributed by atoms with E-state index in [0.717, 1.165) is 11.3 Å². The molecule has 25 heavy (non-hydrogen) atoms. The predicted molar refractivity (Wildman–Crippen MR) is 91.6 cm³/mol. The minimum atomic E-state index is -0.313. The smallest absolute Gasteiger partial charge is 0.292 e. The van der Waals surface area contributed by atoms with Crippen molar-refractivity contribution in [2.45, 2.75) is 6.54 Å². The normalized spacial score (nSPS) is 10.7. The molecule has 124 valence electrons. The average Bonchev–Trinajstić information content (AvgIpc) is 3.38. The van der Waals surface area contributed by atoms with Crippen LogP contribution in [0.5, 0.6) is 0 Å². The quantitative estimate of drug-likeness (QED) is 0.609. The van der Waals surface area contributed by atoms with Crippen molar-refractivity contribution >= 4 is 11.7 Å². The number of furan rings is 1. The number of nitrogens with zero attached hydrogens (tertiary/aromatic N) is 4. The molecule has 0 radical (unpaired) electrons. The van der Waals surface area contributed by atoms with E-state index in [4.69, 9.17) is 4.42 Å². The van der Waals surface area contributed by atoms with E-state index >= 15 is 0 Å². The van der Waals surface area contributed by atoms with Gasteiger partial charge in [0, 0.05) is 17.8 Å². The summed E-state index contributed by atoms with van der Waals surface area (Å²) in [5.74, 6) is 0.533. The first-order valence-corrected chi connectivity index (χ1v) is 7.75. The number of carbonyl (C=O) groups is 1. The number of nitrogens with one attached hydrogen (secondary N) is 1. The maximum atomic E-state index is 12.1. The molecule has 0 saturated heterocycles. The van der Waals surface area contributed by atoms with E-state index in [1.807, 2.05) is 36.5 Å². The first-order chi connectivity index (χ1) is 12.3. The van der Waals surface area contributed by atoms with Crippen LogP contribution in [0.25, 0.3) is 5.69 Å². The fraction of sp³-hybridized carbons (Fsp3) is 0.0556. The van der Waals surface area contributed by atoms with Gasteiger partial charge in [0.15, 0.2) is 5.76 Å². The lowest BCUT2D eigenvalue weighted by Crippen LogP contribution is -2.15. The summed E-state index contributed by atoms with van der Waals surface area (Å²) in [6.45, 7) is 0.494. The Bertz CT molecular complexity index is 970. The molecule has 1 amide bonds. The lowest BCUT2D eigenvalue weighted by Gasteiger charge is -2.07. The van der Waals surface area contributed by atoms with E-state index in [1.165, 1.54) is 6.26 Å². The second-order valence-electron chi connectivity index (χ2n) is 5.43. The molecule has 0 spiro atoms. The van der Waals surface area contributed by atoms with E-state index in [9.17, 15) is 4.79 Å². The molecule has 0 aliphatic carbocycles. The Morgan fingerprint density at radius 1 is 1.08 bits per heavy atom. The van der Waals surface area contributed by atoms with Crippen molar-refractivity contribution in [3.8, 4) is 5.69 Å². The van der Waals surface area contributed by atoms with Gasteiger partial charge < -0.3 is 9.73 Å². The van der Waals surface area contributed by atoms with Gasteiger partial charge in [-0.15, -0.1) is 0 Å². The van der Waals surface area contributed by atoms with Crippen LogP contribution in [0, 0.1) is 0 Å². The van der Waals surface area contributed by atoms with Crippen LogP contribution in [0.3, 0.4) is 0 Å². The monoisotopic (exact) mass is 333 g/mol. The highest BCUT2D eigenvalue weighted by Crippen LogP contribution is 2.13. The first kappa shape index (κ1) is 14.9. The number of hydrogen-bond acceptors (Lipinski definition) is 4. The van der Waals surface area contributed by atoms with Gasteiger partial charge in [0.05, 0.1) is 30.9 Å². The number of anilines is 1. The van der Waals surface area contributed by atoms with E-state index in [2.05, 4.69) is 15.5 Å². The van der Waals surface area contributed by atoms with Gasteiger partial charge in [0.25, 0.3) is 5.91 Å². The molecule has 4 rings (SSSR count). The molecular weight excluding hydrogens is 318 g/mol. The zero-order chi connectivity index (χ0) is 17.1. The van der Waals surface area contributed by atoms with Crippen LogP contribution < -0.4 is 5.32 Å². The van der Waals surface area contributed by atoms with Crippen LogP contribution in [0.4, 0.5) is 5.82 Å². The topological polar surface area (TPSA) is 77.9 Å². The molecular formula is C18H15N5O2. The Kier molecular flexibility index (Phi) is 3.88. The zero-order valence-corrected chi connectivity index (χ0v) is 13.2. The van der Waals surface area contributed by atoms with Crippen LogP contribution >= 0.6 is 0 Å². The van der Waals surface area contributed by atoms with Crippen molar-refractivity contribution in [2.24, 2.45) is 0 Å². The summed E-state index contributed by atoms with van der Waals surface area (Å²) in [6, 6.07) is 14.9. The number of benzene rings is 1. The highest BCUT2D eigenvalue weighted by Gasteiger charge is 2.12. The molecule has 7 heteroatoms. The summed E-state index contributed by atoms with van der Waals surface area (Å²) in [7, 11) is 0. The fourth-order valence-corrected chi connectivity index (χ4v) is 2.49. The fourth-order valence-electron chi connectivity index (χ4n) is 2.49. The number of aromatic nitrogens is 4. The van der Waals surface area contributed by atoms with Gasteiger partial charge in [-0.3, -0.25) is 4.79 Å². The standard InChI is InChI=1S/C18H15N5O2/c24-18(16-7-4-10-25-16)21-17-8-9-19-23(17)13-14-11-20-22(12-14)15-5-2-1-3-6-15/h1-12H,13H2,(H,21,24). The van der Waals surface area contributed by atoms with Crippen LogP contribution in [0.2, 0.25) is 0 Å². The molecule has 1 N–H and O–H groups in total. The minimum Gasteiger partial charge on any atom is -0.459 e. The van der Waals surface area contributed by atoms with Gasteiger partial charge in [-0.2, -0.15) is 10.2 Å². The van der Waals surface area contributed by atoms with Gasteiger partial charge in [-0.1, -0.05) is 18.2 Å². The van der Waals surface area contributed by atoms with Crippen LogP contribution in [0.1, 0.15) is 16.1 Å². The van der Waals surface area contributed by atoms with Gasteiger partial charge in [0.2, 0.25) is 0 Å². The molecule has 0 atom stereocenters. The third-order valence-electron chi connectivity index (χ3n) is 3.69. The third-order valence-corrected chi connectivity index (χ3v) is 3.69. The summed E-state index contributed by atoms with van der Waals surface area (Å²) >= 11 is 0.